The maximum Gasteiger partial charge on any atom is 0.306 e. The Labute approximate surface area is 457 Å². The maximum absolute atomic E-state index is 13.4. The Hall–Kier alpha value is -3.16. The van der Waals surface area contributed by atoms with Gasteiger partial charge < -0.3 is 45.1 Å². The molecule has 1 amide bonds. The van der Waals surface area contributed by atoms with Crippen molar-refractivity contribution in [1.82, 2.24) is 5.32 Å². The van der Waals surface area contributed by atoms with E-state index in [1.165, 1.54) is 135 Å². The molecule has 1 rings (SSSR count). The Balaban J connectivity index is 2.74. The molecule has 11 nitrogen and oxygen atoms in total. The van der Waals surface area contributed by atoms with Crippen LogP contribution in [0.5, 0.6) is 0 Å². The minimum absolute atomic E-state index is 0.0695. The van der Waals surface area contributed by atoms with E-state index in [-0.39, 0.29) is 19.4 Å². The highest BCUT2D eigenvalue weighted by atomic mass is 16.7. The zero-order valence-electron chi connectivity index (χ0n) is 47.6. The summed E-state index contributed by atoms with van der Waals surface area (Å²) in [6, 6.07) is -1.04. The lowest BCUT2D eigenvalue weighted by Crippen LogP contribution is -2.61. The first-order chi connectivity index (χ1) is 36.7. The lowest BCUT2D eigenvalue weighted by molar-refractivity contribution is -0.305. The highest BCUT2D eigenvalue weighted by Gasteiger charge is 2.47. The van der Waals surface area contributed by atoms with Gasteiger partial charge in [0.05, 0.1) is 25.4 Å². The minimum atomic E-state index is -1.64. The Morgan fingerprint density at radius 3 is 1.44 bits per heavy atom. The summed E-state index contributed by atoms with van der Waals surface area (Å²) in [7, 11) is 0. The van der Waals surface area contributed by atoms with Crippen molar-refractivity contribution in [2.45, 2.75) is 294 Å². The summed E-state index contributed by atoms with van der Waals surface area (Å²) >= 11 is 0. The predicted octanol–water partition coefficient (Wildman–Crippen LogP) is 14.2. The van der Waals surface area contributed by atoms with Crippen LogP contribution in [0.25, 0.3) is 0 Å². The number of unbranched alkanes of at least 4 members (excludes halogenated alkanes) is 29. The van der Waals surface area contributed by atoms with E-state index >= 15 is 0 Å². The van der Waals surface area contributed by atoms with Crippen molar-refractivity contribution in [3.63, 3.8) is 0 Å². The van der Waals surface area contributed by atoms with Crippen molar-refractivity contribution in [3.8, 4) is 0 Å². The number of ether oxygens (including phenoxy) is 3. The molecule has 0 spiro atoms. The molecule has 0 aromatic rings. The summed E-state index contributed by atoms with van der Waals surface area (Å²) in [6.45, 7) is 5.62. The fourth-order valence-electron chi connectivity index (χ4n) is 9.15. The molecule has 1 fully saturated rings. The van der Waals surface area contributed by atoms with E-state index in [1.807, 2.05) is 66.8 Å². The molecule has 432 valence electrons. The van der Waals surface area contributed by atoms with Crippen LogP contribution in [-0.2, 0) is 23.8 Å². The fourth-order valence-corrected chi connectivity index (χ4v) is 9.15. The van der Waals surface area contributed by atoms with Crippen molar-refractivity contribution in [1.29, 1.82) is 0 Å². The SMILES string of the molecule is CC\C=C/C=C/C=C/C=C\C=C\C=C\CCCCCC(=O)OC1C(OCC(NC(=O)C(O)CCCCCCCCCCCCCCCCCC)C(O)/C=C/CCCCCCCCCCCCC)OC(CO)C(O)C1O. The van der Waals surface area contributed by atoms with Crippen LogP contribution in [0, 0.1) is 0 Å². The monoisotopic (exact) mass is 1050 g/mol. The first-order valence-corrected chi connectivity index (χ1v) is 30.4. The number of carbonyl (C=O) groups excluding carboxylic acids is 2. The number of hydrogen-bond donors (Lipinski definition) is 6. The molecule has 1 aliphatic rings. The van der Waals surface area contributed by atoms with Gasteiger partial charge in [-0.05, 0) is 44.9 Å². The third-order valence-corrected chi connectivity index (χ3v) is 14.0. The largest absolute Gasteiger partial charge is 0.454 e. The Bertz CT molecular complexity index is 1540. The predicted molar refractivity (Wildman–Crippen MR) is 310 cm³/mol. The lowest BCUT2D eigenvalue weighted by Gasteiger charge is -2.41. The number of esters is 1. The summed E-state index contributed by atoms with van der Waals surface area (Å²) in [4.78, 5) is 26.5. The van der Waals surface area contributed by atoms with Crippen molar-refractivity contribution < 1.29 is 49.3 Å². The molecule has 8 unspecified atom stereocenters. The fraction of sp³-hybridized carbons (Fsp3) is 0.750. The third kappa shape index (κ3) is 39.8. The molecule has 0 bridgehead atoms. The highest BCUT2D eigenvalue weighted by Crippen LogP contribution is 2.26. The van der Waals surface area contributed by atoms with E-state index in [9.17, 15) is 35.1 Å². The lowest BCUT2D eigenvalue weighted by atomic mass is 9.99. The summed E-state index contributed by atoms with van der Waals surface area (Å²) in [5, 5.41) is 56.9. The Morgan fingerprint density at radius 2 is 0.960 bits per heavy atom. The molecule has 6 N–H and O–H groups in total. The van der Waals surface area contributed by atoms with Gasteiger partial charge >= 0.3 is 5.97 Å². The number of aliphatic hydroxyl groups excluding tert-OH is 5. The van der Waals surface area contributed by atoms with E-state index < -0.39 is 67.4 Å². The highest BCUT2D eigenvalue weighted by molar-refractivity contribution is 5.80. The van der Waals surface area contributed by atoms with Gasteiger partial charge in [0.25, 0.3) is 0 Å². The molecule has 75 heavy (non-hydrogen) atoms. The molecule has 0 saturated carbocycles. The average Bonchev–Trinajstić information content (AvgIpc) is 3.41. The first-order valence-electron chi connectivity index (χ1n) is 30.4. The average molecular weight is 1050 g/mol. The first kappa shape index (κ1) is 69.9. The minimum Gasteiger partial charge on any atom is -0.454 e. The van der Waals surface area contributed by atoms with E-state index in [0.717, 1.165) is 64.2 Å². The molecular formula is C64H111NO10. The topological polar surface area (TPSA) is 175 Å². The molecular weight excluding hydrogens is 943 g/mol. The smallest absolute Gasteiger partial charge is 0.306 e. The van der Waals surface area contributed by atoms with Gasteiger partial charge in [0.15, 0.2) is 12.4 Å². The van der Waals surface area contributed by atoms with Gasteiger partial charge in [0.1, 0.15) is 24.4 Å². The standard InChI is InChI=1S/C64H111NO10/c1-4-7-10-13-16-19-22-25-27-29-31-34-37-40-43-46-49-52-59(69)75-62-61(71)60(70)58(53-66)74-64(62)73-54-55(56(67)50-47-44-41-38-35-32-24-21-18-15-12-9-6-3)65-63(72)57(68)51-48-45-42-39-36-33-30-28-26-23-20-17-14-11-8-5-2/h7,10,13,16,19,22,25,27,29,31,34,37,47,50,55-58,60-62,64,66-68,70-71H,4-6,8-9,11-12,14-15,17-18,20-21,23-24,26,28,30,32-33,35-36,38-46,48-49,51-54H2,1-3H3,(H,65,72)/b10-7-,16-13+,22-19+,27-25-,31-29+,37-34+,50-47+. The van der Waals surface area contributed by atoms with Crippen molar-refractivity contribution in [3.05, 3.63) is 85.1 Å². The number of carbonyl (C=O) groups is 2. The molecule has 1 aliphatic heterocycles. The number of allylic oxidation sites excluding steroid dienone is 13. The number of aliphatic hydroxyl groups is 5. The number of amides is 1. The molecule has 0 radical (unpaired) electrons. The van der Waals surface area contributed by atoms with Crippen LogP contribution in [0.1, 0.15) is 245 Å². The summed E-state index contributed by atoms with van der Waals surface area (Å²) in [5.41, 5.74) is 0. The van der Waals surface area contributed by atoms with Gasteiger partial charge in [-0.2, -0.15) is 0 Å². The summed E-state index contributed by atoms with van der Waals surface area (Å²) < 4.78 is 17.6. The van der Waals surface area contributed by atoms with Gasteiger partial charge in [-0.25, -0.2) is 0 Å². The third-order valence-electron chi connectivity index (χ3n) is 14.0. The van der Waals surface area contributed by atoms with Crippen LogP contribution in [0.15, 0.2) is 85.1 Å². The van der Waals surface area contributed by atoms with E-state index in [2.05, 4.69) is 38.2 Å². The second-order valence-electron chi connectivity index (χ2n) is 20.9. The number of nitrogens with one attached hydrogen (secondary N) is 1. The second-order valence-corrected chi connectivity index (χ2v) is 20.9. The van der Waals surface area contributed by atoms with Crippen LogP contribution in [0.2, 0.25) is 0 Å². The Kier molecular flexibility index (Phi) is 48.0. The van der Waals surface area contributed by atoms with Crippen molar-refractivity contribution in [2.24, 2.45) is 0 Å². The van der Waals surface area contributed by atoms with Crippen LogP contribution >= 0.6 is 0 Å². The van der Waals surface area contributed by atoms with Crippen LogP contribution in [0.3, 0.4) is 0 Å². The molecule has 11 heteroatoms. The molecule has 0 aromatic carbocycles. The van der Waals surface area contributed by atoms with E-state index in [1.54, 1.807) is 6.08 Å². The van der Waals surface area contributed by atoms with Crippen LogP contribution in [0.4, 0.5) is 0 Å². The normalized spacial score (nSPS) is 19.8. The molecule has 1 heterocycles. The number of hydrogen-bond acceptors (Lipinski definition) is 10. The number of rotatable bonds is 50. The summed E-state index contributed by atoms with van der Waals surface area (Å²) in [5.74, 6) is -1.24. The quantitative estimate of drug-likeness (QED) is 0.0149. The second kappa shape index (κ2) is 51.6. The molecule has 0 aromatic heterocycles. The van der Waals surface area contributed by atoms with E-state index in [0.29, 0.717) is 12.8 Å². The van der Waals surface area contributed by atoms with Crippen LogP contribution in [-0.4, -0.2) is 99.6 Å². The van der Waals surface area contributed by atoms with Crippen molar-refractivity contribution >= 4 is 11.9 Å². The van der Waals surface area contributed by atoms with Crippen LogP contribution < -0.4 is 5.32 Å². The van der Waals surface area contributed by atoms with Gasteiger partial charge in [-0.3, -0.25) is 9.59 Å². The van der Waals surface area contributed by atoms with E-state index in [4.69, 9.17) is 14.2 Å². The molecule has 0 aliphatic carbocycles. The molecule has 8 atom stereocenters. The van der Waals surface area contributed by atoms with Gasteiger partial charge in [0, 0.05) is 6.42 Å². The Morgan fingerprint density at radius 1 is 0.533 bits per heavy atom. The molecule has 1 saturated heterocycles. The van der Waals surface area contributed by atoms with Gasteiger partial charge in [0.2, 0.25) is 5.91 Å². The summed E-state index contributed by atoms with van der Waals surface area (Å²) in [6.07, 6.45) is 56.1. The maximum atomic E-state index is 13.4. The zero-order chi connectivity index (χ0) is 54.7. The van der Waals surface area contributed by atoms with Crippen molar-refractivity contribution in [2.75, 3.05) is 13.2 Å². The van der Waals surface area contributed by atoms with Gasteiger partial charge in [-0.15, -0.1) is 0 Å². The zero-order valence-corrected chi connectivity index (χ0v) is 47.6. The van der Waals surface area contributed by atoms with Gasteiger partial charge in [-0.1, -0.05) is 279 Å².